The summed E-state index contributed by atoms with van der Waals surface area (Å²) < 4.78 is 24.5. The molecule has 2 heterocycles. The van der Waals surface area contributed by atoms with Crippen molar-refractivity contribution >= 4 is 32.4 Å². The topological polar surface area (TPSA) is 66.5 Å². The molecule has 7 heteroatoms. The van der Waals surface area contributed by atoms with Crippen LogP contribution in [-0.2, 0) is 10.0 Å². The third-order valence-corrected chi connectivity index (χ3v) is 4.69. The van der Waals surface area contributed by atoms with Gasteiger partial charge in [0, 0.05) is 0 Å². The summed E-state index contributed by atoms with van der Waals surface area (Å²) in [5.41, 5.74) is 0. The van der Waals surface area contributed by atoms with E-state index in [-0.39, 0.29) is 11.4 Å². The summed E-state index contributed by atoms with van der Waals surface area (Å²) in [6.07, 6.45) is 1.37. The lowest BCUT2D eigenvalue weighted by Gasteiger charge is -2.25. The number of nitrogens with one attached hydrogen (secondary N) is 1. The molecule has 0 saturated carbocycles. The highest BCUT2D eigenvalue weighted by Crippen LogP contribution is 2.34. The van der Waals surface area contributed by atoms with Crippen LogP contribution in [0.3, 0.4) is 0 Å². The average Bonchev–Trinajstić information content (AvgIpc) is 2.61. The van der Waals surface area contributed by atoms with Crippen molar-refractivity contribution in [3.05, 3.63) is 24.1 Å². The van der Waals surface area contributed by atoms with Crippen molar-refractivity contribution in [2.75, 3.05) is 11.9 Å². The van der Waals surface area contributed by atoms with Gasteiger partial charge in [-0.05, 0) is 11.4 Å². The number of amides is 2. The Morgan fingerprint density at radius 2 is 2.33 bits per heavy atom. The van der Waals surface area contributed by atoms with Crippen molar-refractivity contribution in [3.63, 3.8) is 0 Å². The molecule has 0 atom stereocenters. The first-order valence-corrected chi connectivity index (χ1v) is 6.41. The first-order valence-electron chi connectivity index (χ1n) is 4.09. The quantitative estimate of drug-likeness (QED) is 0.801. The number of hydrogen-bond acceptors (Lipinski definition) is 4. The molecule has 0 fully saturated rings. The summed E-state index contributed by atoms with van der Waals surface area (Å²) in [5.74, 6) is 0. The molecule has 0 unspecified atom stereocenters. The second-order valence-electron chi connectivity index (χ2n) is 2.87. The lowest BCUT2D eigenvalue weighted by Crippen LogP contribution is -2.43. The van der Waals surface area contributed by atoms with Gasteiger partial charge in [0.15, 0.2) is 0 Å². The molecule has 0 saturated heterocycles. The highest BCUT2D eigenvalue weighted by Gasteiger charge is 2.36. The fourth-order valence-corrected chi connectivity index (χ4v) is 3.82. The van der Waals surface area contributed by atoms with Crippen molar-refractivity contribution < 1.29 is 13.2 Å². The summed E-state index contributed by atoms with van der Waals surface area (Å²) in [6, 6.07) is 0.843. The number of carbonyl (C=O) groups is 1. The van der Waals surface area contributed by atoms with E-state index in [1.54, 1.807) is 5.38 Å². The van der Waals surface area contributed by atoms with Gasteiger partial charge in [0.05, 0.1) is 6.54 Å². The number of sulfonamides is 1. The Morgan fingerprint density at radius 1 is 1.60 bits per heavy atom. The van der Waals surface area contributed by atoms with Crippen molar-refractivity contribution in [2.45, 2.75) is 4.90 Å². The molecule has 1 N–H and O–H groups in total. The lowest BCUT2D eigenvalue weighted by molar-refractivity contribution is 0.237. The summed E-state index contributed by atoms with van der Waals surface area (Å²) in [5, 5.41) is 4.51. The smallest absolute Gasteiger partial charge is 0.297 e. The van der Waals surface area contributed by atoms with Crippen molar-refractivity contribution in [1.82, 2.24) is 4.31 Å². The predicted octanol–water partition coefficient (Wildman–Crippen LogP) is 1.47. The predicted molar refractivity (Wildman–Crippen MR) is 57.4 cm³/mol. The van der Waals surface area contributed by atoms with Crippen molar-refractivity contribution in [2.24, 2.45) is 0 Å². The van der Waals surface area contributed by atoms with Crippen molar-refractivity contribution in [3.8, 4) is 0 Å². The molecule has 0 spiro atoms. The van der Waals surface area contributed by atoms with E-state index >= 15 is 0 Å². The minimum atomic E-state index is -3.69. The summed E-state index contributed by atoms with van der Waals surface area (Å²) in [7, 11) is -3.69. The molecule has 2 amide bonds. The normalized spacial score (nSPS) is 18.1. The number of thiophene rings is 1. The maximum Gasteiger partial charge on any atom is 0.336 e. The van der Waals surface area contributed by atoms with Gasteiger partial charge < -0.3 is 0 Å². The second-order valence-corrected chi connectivity index (χ2v) is 5.62. The maximum absolute atomic E-state index is 11.9. The first kappa shape index (κ1) is 10.2. The van der Waals surface area contributed by atoms with E-state index in [9.17, 15) is 13.2 Å². The van der Waals surface area contributed by atoms with Gasteiger partial charge in [0.2, 0.25) is 0 Å². The molecule has 0 bridgehead atoms. The van der Waals surface area contributed by atoms with Crippen LogP contribution in [0, 0.1) is 0 Å². The van der Waals surface area contributed by atoms with Gasteiger partial charge in [-0.25, -0.2) is 17.5 Å². The number of hydrogen-bond donors (Lipinski definition) is 1. The van der Waals surface area contributed by atoms with Crippen LogP contribution in [0.15, 0.2) is 29.0 Å². The molecule has 1 aliphatic rings. The van der Waals surface area contributed by atoms with Crippen LogP contribution in [0.4, 0.5) is 9.80 Å². The van der Waals surface area contributed by atoms with Crippen LogP contribution >= 0.6 is 11.3 Å². The van der Waals surface area contributed by atoms with Gasteiger partial charge in [-0.1, -0.05) is 6.08 Å². The number of urea groups is 1. The molecular weight excluding hydrogens is 236 g/mol. The molecular formula is C8H8N2O3S2. The molecule has 0 aliphatic carbocycles. The van der Waals surface area contributed by atoms with E-state index in [0.717, 1.165) is 4.31 Å². The number of carbonyl (C=O) groups excluding carboxylic acids is 1. The number of anilines is 1. The first-order chi connectivity index (χ1) is 7.07. The summed E-state index contributed by atoms with van der Waals surface area (Å²) in [6.45, 7) is 3.39. The van der Waals surface area contributed by atoms with E-state index in [0.29, 0.717) is 5.00 Å². The molecule has 1 aromatic rings. The number of fused-ring (bicyclic) bond motifs is 1. The minimum absolute atomic E-state index is 0.0244. The maximum atomic E-state index is 11.9. The SMILES string of the molecule is C=CCN1C(=O)Nc2sccc2S1(=O)=O. The van der Waals surface area contributed by atoms with Crippen molar-refractivity contribution in [1.29, 1.82) is 0 Å². The minimum Gasteiger partial charge on any atom is -0.297 e. The highest BCUT2D eigenvalue weighted by molar-refractivity contribution is 7.90. The van der Waals surface area contributed by atoms with Gasteiger partial charge in [0.25, 0.3) is 10.0 Å². The van der Waals surface area contributed by atoms with Crippen LogP contribution in [0.25, 0.3) is 0 Å². The third kappa shape index (κ3) is 1.44. The molecule has 1 aliphatic heterocycles. The van der Waals surface area contributed by atoms with E-state index < -0.39 is 16.1 Å². The fraction of sp³-hybridized carbons (Fsp3) is 0.125. The Balaban J connectivity index is 2.57. The molecule has 1 aromatic heterocycles. The van der Waals surface area contributed by atoms with Gasteiger partial charge in [0.1, 0.15) is 9.90 Å². The van der Waals surface area contributed by atoms with E-state index in [4.69, 9.17) is 0 Å². The zero-order valence-corrected chi connectivity index (χ0v) is 9.27. The monoisotopic (exact) mass is 244 g/mol. The summed E-state index contributed by atoms with van der Waals surface area (Å²) in [4.78, 5) is 11.6. The highest BCUT2D eigenvalue weighted by atomic mass is 32.2. The number of rotatable bonds is 2. The van der Waals surface area contributed by atoms with E-state index in [1.807, 2.05) is 0 Å². The zero-order valence-electron chi connectivity index (χ0n) is 7.63. The van der Waals surface area contributed by atoms with Crippen LogP contribution in [-0.4, -0.2) is 25.3 Å². The second kappa shape index (κ2) is 3.35. The largest absolute Gasteiger partial charge is 0.336 e. The van der Waals surface area contributed by atoms with E-state index in [2.05, 4.69) is 11.9 Å². The van der Waals surface area contributed by atoms with Crippen LogP contribution in [0.2, 0.25) is 0 Å². The fourth-order valence-electron chi connectivity index (χ4n) is 1.28. The average molecular weight is 244 g/mol. The summed E-state index contributed by atoms with van der Waals surface area (Å²) >= 11 is 1.19. The Bertz CT molecular complexity index is 518. The molecule has 0 radical (unpaired) electrons. The van der Waals surface area contributed by atoms with Gasteiger partial charge in [-0.15, -0.1) is 17.9 Å². The number of nitrogens with zero attached hydrogens (tertiary/aromatic N) is 1. The van der Waals surface area contributed by atoms with Gasteiger partial charge in [-0.3, -0.25) is 5.32 Å². The van der Waals surface area contributed by atoms with Gasteiger partial charge in [-0.2, -0.15) is 0 Å². The van der Waals surface area contributed by atoms with Gasteiger partial charge >= 0.3 is 6.03 Å². The Kier molecular flexibility index (Phi) is 2.28. The standard InChI is InChI=1S/C8H8N2O3S2/c1-2-4-10-8(11)9-7-6(3-5-14-7)15(10,12)13/h2-3,5H,1,4H2,(H,9,11). The molecule has 0 aromatic carbocycles. The molecule has 5 nitrogen and oxygen atoms in total. The Labute approximate surface area is 91.1 Å². The Hall–Kier alpha value is -1.34. The third-order valence-electron chi connectivity index (χ3n) is 1.94. The molecule has 80 valence electrons. The lowest BCUT2D eigenvalue weighted by atomic mass is 10.6. The van der Waals surface area contributed by atoms with Crippen LogP contribution in [0.5, 0.6) is 0 Å². The molecule has 15 heavy (non-hydrogen) atoms. The van der Waals surface area contributed by atoms with Crippen LogP contribution < -0.4 is 5.32 Å². The molecule has 2 rings (SSSR count). The van der Waals surface area contributed by atoms with Crippen LogP contribution in [0.1, 0.15) is 0 Å². The van der Waals surface area contributed by atoms with E-state index in [1.165, 1.54) is 23.5 Å². The Morgan fingerprint density at radius 3 is 3.00 bits per heavy atom. The zero-order chi connectivity index (χ0) is 11.1.